The summed E-state index contributed by atoms with van der Waals surface area (Å²) in [5.41, 5.74) is 0. The molecular formula is C10H22N2O4S. The van der Waals surface area contributed by atoms with Gasteiger partial charge < -0.3 is 15.4 Å². The first-order valence-corrected chi connectivity index (χ1v) is 7.52. The number of hydrogen-bond donors (Lipinski definition) is 2. The molecule has 2 unspecified atom stereocenters. The van der Waals surface area contributed by atoms with Crippen molar-refractivity contribution in [2.75, 3.05) is 32.3 Å². The lowest BCUT2D eigenvalue weighted by Gasteiger charge is -2.18. The summed E-state index contributed by atoms with van der Waals surface area (Å²) in [6.07, 6.45) is 1.18. The molecule has 0 spiro atoms. The van der Waals surface area contributed by atoms with Gasteiger partial charge in [-0.05, 0) is 13.8 Å². The molecule has 0 saturated carbocycles. The molecule has 0 fully saturated rings. The molecule has 17 heavy (non-hydrogen) atoms. The highest BCUT2D eigenvalue weighted by Crippen LogP contribution is 1.93. The second kappa shape index (κ2) is 7.62. The van der Waals surface area contributed by atoms with Gasteiger partial charge in [-0.2, -0.15) is 0 Å². The average molecular weight is 266 g/mol. The second-order valence-electron chi connectivity index (χ2n) is 4.17. The van der Waals surface area contributed by atoms with E-state index in [1.54, 1.807) is 21.0 Å². The van der Waals surface area contributed by atoms with Crippen LogP contribution in [0.4, 0.5) is 0 Å². The minimum absolute atomic E-state index is 0.0166. The van der Waals surface area contributed by atoms with Crippen molar-refractivity contribution in [2.24, 2.45) is 0 Å². The van der Waals surface area contributed by atoms with Crippen LogP contribution in [-0.4, -0.2) is 58.7 Å². The van der Waals surface area contributed by atoms with Crippen molar-refractivity contribution in [1.82, 2.24) is 10.6 Å². The summed E-state index contributed by atoms with van der Waals surface area (Å²) < 4.78 is 26.9. The summed E-state index contributed by atoms with van der Waals surface area (Å²) in [5, 5.41) is 5.61. The Balaban J connectivity index is 3.98. The van der Waals surface area contributed by atoms with Crippen molar-refractivity contribution < 1.29 is 17.9 Å². The van der Waals surface area contributed by atoms with E-state index in [1.165, 1.54) is 6.26 Å². The van der Waals surface area contributed by atoms with Crippen LogP contribution in [0, 0.1) is 0 Å². The number of carbonyl (C=O) groups is 1. The van der Waals surface area contributed by atoms with Gasteiger partial charge in [0, 0.05) is 26.0 Å². The van der Waals surface area contributed by atoms with Crippen LogP contribution in [0.3, 0.4) is 0 Å². The predicted molar refractivity (Wildman–Crippen MR) is 66.7 cm³/mol. The van der Waals surface area contributed by atoms with Gasteiger partial charge in [-0.1, -0.05) is 0 Å². The van der Waals surface area contributed by atoms with E-state index in [-0.39, 0.29) is 17.7 Å². The van der Waals surface area contributed by atoms with Crippen molar-refractivity contribution in [3.8, 4) is 0 Å². The molecule has 0 aliphatic rings. The highest BCUT2D eigenvalue weighted by atomic mass is 32.2. The Hall–Kier alpha value is -0.660. The molecule has 0 saturated heterocycles. The molecule has 0 aromatic rings. The fraction of sp³-hybridized carbons (Fsp3) is 0.900. The molecule has 0 aliphatic carbocycles. The summed E-state index contributed by atoms with van der Waals surface area (Å²) in [6.45, 7) is 4.33. The molecule has 102 valence electrons. The summed E-state index contributed by atoms with van der Waals surface area (Å²) in [6, 6.07) is -0.684. The summed E-state index contributed by atoms with van der Waals surface area (Å²) in [5.74, 6) is -0.148. The SMILES string of the molecule is COCCNC(=O)C(C)NC(C)CS(C)(=O)=O. The molecule has 7 heteroatoms. The normalized spacial score (nSPS) is 15.3. The van der Waals surface area contributed by atoms with Crippen LogP contribution >= 0.6 is 0 Å². The third kappa shape index (κ3) is 9.08. The maximum Gasteiger partial charge on any atom is 0.236 e. The minimum Gasteiger partial charge on any atom is -0.383 e. The molecule has 0 rings (SSSR count). The molecule has 0 heterocycles. The standard InChI is InChI=1S/C10H22N2O4S/c1-8(7-17(4,14)15)12-9(2)10(13)11-5-6-16-3/h8-9,12H,5-7H2,1-4H3,(H,11,13). The molecule has 0 bridgehead atoms. The van der Waals surface area contributed by atoms with Crippen LogP contribution in [0.5, 0.6) is 0 Å². The molecule has 0 aromatic heterocycles. The highest BCUT2D eigenvalue weighted by molar-refractivity contribution is 7.90. The van der Waals surface area contributed by atoms with E-state index in [4.69, 9.17) is 4.74 Å². The van der Waals surface area contributed by atoms with E-state index in [0.29, 0.717) is 13.2 Å². The van der Waals surface area contributed by atoms with Crippen molar-refractivity contribution in [2.45, 2.75) is 25.9 Å². The van der Waals surface area contributed by atoms with E-state index < -0.39 is 15.9 Å². The number of methoxy groups -OCH3 is 1. The summed E-state index contributed by atoms with van der Waals surface area (Å²) >= 11 is 0. The van der Waals surface area contributed by atoms with E-state index in [2.05, 4.69) is 10.6 Å². The average Bonchev–Trinajstić information content (AvgIpc) is 2.14. The van der Waals surface area contributed by atoms with E-state index in [0.717, 1.165) is 0 Å². The minimum atomic E-state index is -3.03. The van der Waals surface area contributed by atoms with Gasteiger partial charge in [-0.15, -0.1) is 0 Å². The third-order valence-corrected chi connectivity index (χ3v) is 3.19. The van der Waals surface area contributed by atoms with Crippen LogP contribution in [0.2, 0.25) is 0 Å². The zero-order valence-electron chi connectivity index (χ0n) is 10.8. The first-order chi connectivity index (χ1) is 7.76. The highest BCUT2D eigenvalue weighted by Gasteiger charge is 2.17. The Kier molecular flexibility index (Phi) is 7.33. The molecule has 6 nitrogen and oxygen atoms in total. The smallest absolute Gasteiger partial charge is 0.236 e. The predicted octanol–water partition coefficient (Wildman–Crippen LogP) is -0.840. The lowest BCUT2D eigenvalue weighted by atomic mass is 10.2. The Bertz CT molecular complexity index is 329. The van der Waals surface area contributed by atoms with Gasteiger partial charge in [-0.3, -0.25) is 4.79 Å². The monoisotopic (exact) mass is 266 g/mol. The van der Waals surface area contributed by atoms with Crippen molar-refractivity contribution in [1.29, 1.82) is 0 Å². The topological polar surface area (TPSA) is 84.5 Å². The van der Waals surface area contributed by atoms with E-state index in [9.17, 15) is 13.2 Å². The molecular weight excluding hydrogens is 244 g/mol. The number of ether oxygens (including phenoxy) is 1. The largest absolute Gasteiger partial charge is 0.383 e. The van der Waals surface area contributed by atoms with Gasteiger partial charge in [0.15, 0.2) is 0 Å². The zero-order valence-corrected chi connectivity index (χ0v) is 11.6. The third-order valence-electron chi connectivity index (χ3n) is 2.09. The molecule has 0 aromatic carbocycles. The van der Waals surface area contributed by atoms with Crippen molar-refractivity contribution >= 4 is 15.7 Å². The molecule has 0 aliphatic heterocycles. The van der Waals surface area contributed by atoms with Crippen LogP contribution in [0.1, 0.15) is 13.8 Å². The van der Waals surface area contributed by atoms with Gasteiger partial charge in [-0.25, -0.2) is 8.42 Å². The molecule has 1 amide bonds. The van der Waals surface area contributed by atoms with E-state index >= 15 is 0 Å². The van der Waals surface area contributed by atoms with Crippen molar-refractivity contribution in [3.63, 3.8) is 0 Å². The number of carbonyl (C=O) groups excluding carboxylic acids is 1. The maximum absolute atomic E-state index is 11.5. The van der Waals surface area contributed by atoms with Crippen LogP contribution in [0.25, 0.3) is 0 Å². The van der Waals surface area contributed by atoms with Gasteiger partial charge >= 0.3 is 0 Å². The second-order valence-corrected chi connectivity index (χ2v) is 6.35. The Labute approximate surface area is 103 Å². The zero-order chi connectivity index (χ0) is 13.5. The van der Waals surface area contributed by atoms with Gasteiger partial charge in [0.2, 0.25) is 5.91 Å². The lowest BCUT2D eigenvalue weighted by molar-refractivity contribution is -0.123. The number of hydrogen-bond acceptors (Lipinski definition) is 5. The molecule has 2 atom stereocenters. The summed E-state index contributed by atoms with van der Waals surface area (Å²) in [4.78, 5) is 11.5. The van der Waals surface area contributed by atoms with Crippen molar-refractivity contribution in [3.05, 3.63) is 0 Å². The lowest BCUT2D eigenvalue weighted by Crippen LogP contribution is -2.48. The Morgan fingerprint density at radius 3 is 2.41 bits per heavy atom. The van der Waals surface area contributed by atoms with Gasteiger partial charge in [0.1, 0.15) is 9.84 Å². The van der Waals surface area contributed by atoms with Crippen LogP contribution < -0.4 is 10.6 Å². The van der Waals surface area contributed by atoms with Crippen LogP contribution in [0.15, 0.2) is 0 Å². The quantitative estimate of drug-likeness (QED) is 0.560. The van der Waals surface area contributed by atoms with E-state index in [1.807, 2.05) is 0 Å². The number of amides is 1. The summed E-state index contributed by atoms with van der Waals surface area (Å²) in [7, 11) is -1.47. The molecule has 0 radical (unpaired) electrons. The first kappa shape index (κ1) is 16.3. The van der Waals surface area contributed by atoms with Crippen LogP contribution in [-0.2, 0) is 19.4 Å². The first-order valence-electron chi connectivity index (χ1n) is 5.46. The maximum atomic E-state index is 11.5. The Morgan fingerprint density at radius 1 is 1.35 bits per heavy atom. The molecule has 2 N–H and O–H groups in total. The number of nitrogens with one attached hydrogen (secondary N) is 2. The van der Waals surface area contributed by atoms with Gasteiger partial charge in [0.25, 0.3) is 0 Å². The van der Waals surface area contributed by atoms with Gasteiger partial charge in [0.05, 0.1) is 18.4 Å². The fourth-order valence-corrected chi connectivity index (χ4v) is 2.44. The Morgan fingerprint density at radius 2 is 1.94 bits per heavy atom. The fourth-order valence-electron chi connectivity index (χ4n) is 1.43. The number of rotatable bonds is 8. The number of sulfone groups is 1.